The molecular weight excluding hydrogens is 262 g/mol. The summed E-state index contributed by atoms with van der Waals surface area (Å²) in [5.74, 6) is 2.53. The first-order chi connectivity index (χ1) is 10.1. The number of fused-ring (bicyclic) bond motifs is 1. The van der Waals surface area contributed by atoms with Crippen molar-refractivity contribution in [2.24, 2.45) is 5.92 Å². The fraction of sp³-hybridized carbons (Fsp3) is 0.556. The summed E-state index contributed by atoms with van der Waals surface area (Å²) in [6.07, 6.45) is 3.63. The maximum absolute atomic E-state index is 6.17. The molecule has 2 aromatic rings. The fourth-order valence-electron chi connectivity index (χ4n) is 2.86. The Morgan fingerprint density at radius 1 is 1.33 bits per heavy atom. The maximum Gasteiger partial charge on any atom is 0.176 e. The standard InChI is InChI=1S/C18H25NO2/c1-11(2)7-14-15-8-12(3)9-16(20-4)18(15)21-17(14)10-19-13-5-6-13/h8-9,11,13,19H,5-7,10H2,1-4H3. The second kappa shape index (κ2) is 5.72. The van der Waals surface area contributed by atoms with Crippen molar-refractivity contribution >= 4 is 11.0 Å². The predicted octanol–water partition coefficient (Wildman–Crippen LogP) is 4.20. The SMILES string of the molecule is COc1cc(C)cc2c(CC(C)C)c(CNC3CC3)oc12. The smallest absolute Gasteiger partial charge is 0.176 e. The Kier molecular flexibility index (Phi) is 3.94. The quantitative estimate of drug-likeness (QED) is 0.864. The summed E-state index contributed by atoms with van der Waals surface area (Å²) in [6, 6.07) is 4.96. The Labute approximate surface area is 126 Å². The number of aryl methyl sites for hydroxylation is 1. The lowest BCUT2D eigenvalue weighted by molar-refractivity contribution is 0.405. The average molecular weight is 287 g/mol. The number of benzene rings is 1. The second-order valence-electron chi connectivity index (χ2n) is 6.60. The molecule has 1 aromatic heterocycles. The van der Waals surface area contributed by atoms with Gasteiger partial charge >= 0.3 is 0 Å². The first-order valence-corrected chi connectivity index (χ1v) is 7.90. The van der Waals surface area contributed by atoms with Gasteiger partial charge in [0.1, 0.15) is 5.76 Å². The number of ether oxygens (including phenoxy) is 1. The van der Waals surface area contributed by atoms with Gasteiger partial charge in [0.15, 0.2) is 11.3 Å². The number of methoxy groups -OCH3 is 1. The zero-order chi connectivity index (χ0) is 15.0. The van der Waals surface area contributed by atoms with E-state index in [4.69, 9.17) is 9.15 Å². The summed E-state index contributed by atoms with van der Waals surface area (Å²) in [5.41, 5.74) is 3.45. The van der Waals surface area contributed by atoms with E-state index < -0.39 is 0 Å². The van der Waals surface area contributed by atoms with Crippen LogP contribution in [-0.4, -0.2) is 13.2 Å². The Bertz CT molecular complexity index is 638. The summed E-state index contributed by atoms with van der Waals surface area (Å²) in [4.78, 5) is 0. The second-order valence-corrected chi connectivity index (χ2v) is 6.60. The lowest BCUT2D eigenvalue weighted by atomic mass is 9.98. The highest BCUT2D eigenvalue weighted by atomic mass is 16.5. The molecule has 1 fully saturated rings. The van der Waals surface area contributed by atoms with Crippen LogP contribution < -0.4 is 10.1 Å². The first-order valence-electron chi connectivity index (χ1n) is 7.90. The van der Waals surface area contributed by atoms with E-state index in [-0.39, 0.29) is 0 Å². The van der Waals surface area contributed by atoms with Gasteiger partial charge in [-0.2, -0.15) is 0 Å². The lowest BCUT2D eigenvalue weighted by Gasteiger charge is -2.07. The zero-order valence-corrected chi connectivity index (χ0v) is 13.5. The Hall–Kier alpha value is -1.48. The van der Waals surface area contributed by atoms with Crippen molar-refractivity contribution in [3.8, 4) is 5.75 Å². The van der Waals surface area contributed by atoms with E-state index in [1.807, 2.05) is 6.07 Å². The van der Waals surface area contributed by atoms with E-state index in [0.717, 1.165) is 30.1 Å². The molecule has 0 spiro atoms. The number of furan rings is 1. The van der Waals surface area contributed by atoms with E-state index in [1.165, 1.54) is 29.4 Å². The van der Waals surface area contributed by atoms with Crippen LogP contribution in [0, 0.1) is 12.8 Å². The molecular formula is C18H25NO2. The molecule has 21 heavy (non-hydrogen) atoms. The van der Waals surface area contributed by atoms with Crippen molar-refractivity contribution in [3.63, 3.8) is 0 Å². The summed E-state index contributed by atoms with van der Waals surface area (Å²) in [5, 5.41) is 4.78. The molecule has 1 N–H and O–H groups in total. The van der Waals surface area contributed by atoms with Gasteiger partial charge < -0.3 is 14.5 Å². The van der Waals surface area contributed by atoms with Crippen LogP contribution in [0.15, 0.2) is 16.5 Å². The van der Waals surface area contributed by atoms with Crippen molar-refractivity contribution in [1.29, 1.82) is 0 Å². The van der Waals surface area contributed by atoms with Crippen LogP contribution >= 0.6 is 0 Å². The third kappa shape index (κ3) is 3.08. The number of rotatable bonds is 6. The van der Waals surface area contributed by atoms with Crippen molar-refractivity contribution < 1.29 is 9.15 Å². The Morgan fingerprint density at radius 2 is 2.10 bits per heavy atom. The molecule has 3 rings (SSSR count). The largest absolute Gasteiger partial charge is 0.493 e. The zero-order valence-electron chi connectivity index (χ0n) is 13.5. The van der Waals surface area contributed by atoms with Crippen LogP contribution in [0.5, 0.6) is 5.75 Å². The van der Waals surface area contributed by atoms with Crippen LogP contribution in [0.4, 0.5) is 0 Å². The van der Waals surface area contributed by atoms with E-state index in [1.54, 1.807) is 7.11 Å². The van der Waals surface area contributed by atoms with Crippen molar-refractivity contribution in [3.05, 3.63) is 29.0 Å². The van der Waals surface area contributed by atoms with Gasteiger partial charge in [-0.15, -0.1) is 0 Å². The Balaban J connectivity index is 2.05. The molecule has 1 aliphatic carbocycles. The Morgan fingerprint density at radius 3 is 2.71 bits per heavy atom. The summed E-state index contributed by atoms with van der Waals surface area (Å²) < 4.78 is 11.7. The molecule has 1 aliphatic rings. The minimum atomic E-state index is 0.608. The highest BCUT2D eigenvalue weighted by Crippen LogP contribution is 2.35. The first kappa shape index (κ1) is 14.5. The van der Waals surface area contributed by atoms with Crippen molar-refractivity contribution in [1.82, 2.24) is 5.32 Å². The maximum atomic E-state index is 6.17. The molecule has 0 saturated heterocycles. The molecule has 0 aliphatic heterocycles. The minimum Gasteiger partial charge on any atom is -0.493 e. The van der Waals surface area contributed by atoms with Crippen LogP contribution in [0.2, 0.25) is 0 Å². The van der Waals surface area contributed by atoms with Crippen molar-refractivity contribution in [2.45, 2.75) is 52.6 Å². The lowest BCUT2D eigenvalue weighted by Crippen LogP contribution is -2.16. The van der Waals surface area contributed by atoms with Crippen LogP contribution in [0.25, 0.3) is 11.0 Å². The number of hydrogen-bond acceptors (Lipinski definition) is 3. The van der Waals surface area contributed by atoms with Crippen LogP contribution in [0.3, 0.4) is 0 Å². The van der Waals surface area contributed by atoms with Crippen LogP contribution in [-0.2, 0) is 13.0 Å². The molecule has 0 radical (unpaired) electrons. The van der Waals surface area contributed by atoms with E-state index in [9.17, 15) is 0 Å². The van der Waals surface area contributed by atoms with Gasteiger partial charge in [0.05, 0.1) is 13.7 Å². The molecule has 0 bridgehead atoms. The average Bonchev–Trinajstić information content (AvgIpc) is 3.20. The third-order valence-electron chi connectivity index (χ3n) is 4.05. The van der Waals surface area contributed by atoms with Crippen LogP contribution in [0.1, 0.15) is 43.6 Å². The molecule has 114 valence electrons. The molecule has 0 unspecified atom stereocenters. The molecule has 1 heterocycles. The van der Waals surface area contributed by atoms with Crippen molar-refractivity contribution in [2.75, 3.05) is 7.11 Å². The van der Waals surface area contributed by atoms with E-state index >= 15 is 0 Å². The van der Waals surface area contributed by atoms with Gasteiger partial charge in [0.2, 0.25) is 0 Å². The number of nitrogens with one attached hydrogen (secondary N) is 1. The van der Waals surface area contributed by atoms with Gasteiger partial charge in [0.25, 0.3) is 0 Å². The molecule has 0 amide bonds. The molecule has 3 heteroatoms. The highest BCUT2D eigenvalue weighted by Gasteiger charge is 2.23. The van der Waals surface area contributed by atoms with Gasteiger partial charge in [0, 0.05) is 17.0 Å². The van der Waals surface area contributed by atoms with E-state index in [2.05, 4.69) is 32.2 Å². The van der Waals surface area contributed by atoms with E-state index in [0.29, 0.717) is 12.0 Å². The molecule has 0 atom stereocenters. The normalized spacial score (nSPS) is 15.1. The highest BCUT2D eigenvalue weighted by molar-refractivity contribution is 5.88. The van der Waals surface area contributed by atoms with Gasteiger partial charge in [-0.1, -0.05) is 13.8 Å². The predicted molar refractivity (Wildman–Crippen MR) is 85.9 cm³/mol. The molecule has 1 saturated carbocycles. The topological polar surface area (TPSA) is 34.4 Å². The molecule has 1 aromatic carbocycles. The molecule has 3 nitrogen and oxygen atoms in total. The van der Waals surface area contributed by atoms with Gasteiger partial charge in [-0.3, -0.25) is 0 Å². The number of hydrogen-bond donors (Lipinski definition) is 1. The van der Waals surface area contributed by atoms with Gasteiger partial charge in [-0.25, -0.2) is 0 Å². The minimum absolute atomic E-state index is 0.608. The summed E-state index contributed by atoms with van der Waals surface area (Å²) in [6.45, 7) is 7.44. The summed E-state index contributed by atoms with van der Waals surface area (Å²) in [7, 11) is 1.71. The third-order valence-corrected chi connectivity index (χ3v) is 4.05. The fourth-order valence-corrected chi connectivity index (χ4v) is 2.86. The summed E-state index contributed by atoms with van der Waals surface area (Å²) >= 11 is 0. The monoisotopic (exact) mass is 287 g/mol. The van der Waals surface area contributed by atoms with Gasteiger partial charge in [-0.05, 0) is 49.8 Å².